The number of carbonyl (C=O) groups excluding carboxylic acids is 1. The van der Waals surface area contributed by atoms with Crippen molar-refractivity contribution in [3.63, 3.8) is 0 Å². The third-order valence-corrected chi connectivity index (χ3v) is 3.24. The molecule has 1 aliphatic rings. The fraction of sp³-hybridized carbons (Fsp3) is 0.917. The lowest BCUT2D eigenvalue weighted by atomic mass is 9.80. The van der Waals surface area contributed by atoms with Gasteiger partial charge in [-0.1, -0.05) is 6.92 Å². The highest BCUT2D eigenvalue weighted by Crippen LogP contribution is 2.27. The highest BCUT2D eigenvalue weighted by atomic mass is 16.5. The number of aliphatic hydroxyl groups excluding tert-OH is 1. The lowest BCUT2D eigenvalue weighted by Crippen LogP contribution is -2.46. The highest BCUT2D eigenvalue weighted by molar-refractivity contribution is 5.82. The molecule has 17 heavy (non-hydrogen) atoms. The SMILES string of the molecule is CC1(C(=O)NCCCOCCO)CCNCC1. The Bertz CT molecular complexity index is 228. The zero-order valence-corrected chi connectivity index (χ0v) is 10.6. The second-order valence-corrected chi connectivity index (χ2v) is 4.76. The van der Waals surface area contributed by atoms with Crippen LogP contribution in [0.3, 0.4) is 0 Å². The first-order valence-electron chi connectivity index (χ1n) is 6.37. The summed E-state index contributed by atoms with van der Waals surface area (Å²) in [4.78, 5) is 12.0. The van der Waals surface area contributed by atoms with Gasteiger partial charge in [0.2, 0.25) is 5.91 Å². The molecular formula is C12H24N2O3. The van der Waals surface area contributed by atoms with Crippen molar-refractivity contribution in [1.82, 2.24) is 10.6 Å². The molecule has 1 rings (SSSR count). The Balaban J connectivity index is 2.11. The van der Waals surface area contributed by atoms with Crippen LogP contribution in [0, 0.1) is 5.41 Å². The molecule has 1 saturated heterocycles. The molecule has 0 atom stereocenters. The van der Waals surface area contributed by atoms with Gasteiger partial charge in [0.05, 0.1) is 13.2 Å². The molecule has 1 heterocycles. The maximum absolute atomic E-state index is 12.0. The predicted molar refractivity (Wildman–Crippen MR) is 65.7 cm³/mol. The van der Waals surface area contributed by atoms with Crippen molar-refractivity contribution in [3.05, 3.63) is 0 Å². The fourth-order valence-corrected chi connectivity index (χ4v) is 1.96. The molecule has 0 unspecified atom stereocenters. The Hall–Kier alpha value is -0.650. The van der Waals surface area contributed by atoms with Crippen molar-refractivity contribution in [1.29, 1.82) is 0 Å². The highest BCUT2D eigenvalue weighted by Gasteiger charge is 2.33. The van der Waals surface area contributed by atoms with Gasteiger partial charge in [0.15, 0.2) is 0 Å². The van der Waals surface area contributed by atoms with E-state index in [1.165, 1.54) is 0 Å². The van der Waals surface area contributed by atoms with Gasteiger partial charge in [0.25, 0.3) is 0 Å². The van der Waals surface area contributed by atoms with E-state index in [0.717, 1.165) is 32.4 Å². The molecule has 0 radical (unpaired) electrons. The molecule has 0 aromatic carbocycles. The lowest BCUT2D eigenvalue weighted by molar-refractivity contribution is -0.131. The summed E-state index contributed by atoms with van der Waals surface area (Å²) < 4.78 is 5.12. The smallest absolute Gasteiger partial charge is 0.226 e. The Morgan fingerprint density at radius 1 is 1.41 bits per heavy atom. The molecule has 0 bridgehead atoms. The molecule has 0 aromatic rings. The van der Waals surface area contributed by atoms with Crippen LogP contribution in [-0.4, -0.2) is 50.5 Å². The molecule has 1 fully saturated rings. The summed E-state index contributed by atoms with van der Waals surface area (Å²) in [6.45, 7) is 5.53. The molecule has 1 amide bonds. The van der Waals surface area contributed by atoms with Gasteiger partial charge < -0.3 is 20.5 Å². The van der Waals surface area contributed by atoms with E-state index in [2.05, 4.69) is 10.6 Å². The zero-order valence-electron chi connectivity index (χ0n) is 10.6. The second kappa shape index (κ2) is 7.63. The first kappa shape index (κ1) is 14.4. The third-order valence-electron chi connectivity index (χ3n) is 3.24. The molecule has 0 spiro atoms. The maximum atomic E-state index is 12.0. The predicted octanol–water partition coefficient (Wildman–Crippen LogP) is -0.109. The molecule has 0 aromatic heterocycles. The maximum Gasteiger partial charge on any atom is 0.226 e. The first-order chi connectivity index (χ1) is 8.19. The van der Waals surface area contributed by atoms with Crippen LogP contribution >= 0.6 is 0 Å². The van der Waals surface area contributed by atoms with Crippen molar-refractivity contribution >= 4 is 5.91 Å². The molecule has 0 saturated carbocycles. The molecule has 3 N–H and O–H groups in total. The summed E-state index contributed by atoms with van der Waals surface area (Å²) in [6.07, 6.45) is 2.60. The third kappa shape index (κ3) is 5.02. The summed E-state index contributed by atoms with van der Waals surface area (Å²) in [6, 6.07) is 0. The van der Waals surface area contributed by atoms with Gasteiger partial charge in [-0.3, -0.25) is 4.79 Å². The van der Waals surface area contributed by atoms with Crippen LogP contribution in [0.25, 0.3) is 0 Å². The number of hydrogen-bond donors (Lipinski definition) is 3. The van der Waals surface area contributed by atoms with Gasteiger partial charge in [0, 0.05) is 18.6 Å². The summed E-state index contributed by atoms with van der Waals surface area (Å²) in [5, 5.41) is 14.7. The largest absolute Gasteiger partial charge is 0.394 e. The second-order valence-electron chi connectivity index (χ2n) is 4.76. The van der Waals surface area contributed by atoms with Crippen LogP contribution < -0.4 is 10.6 Å². The average molecular weight is 244 g/mol. The number of hydrogen-bond acceptors (Lipinski definition) is 4. The Morgan fingerprint density at radius 3 is 2.76 bits per heavy atom. The number of piperidine rings is 1. The average Bonchev–Trinajstić information content (AvgIpc) is 2.34. The van der Waals surface area contributed by atoms with E-state index in [-0.39, 0.29) is 17.9 Å². The molecular weight excluding hydrogens is 220 g/mol. The van der Waals surface area contributed by atoms with Crippen LogP contribution in [0.4, 0.5) is 0 Å². The van der Waals surface area contributed by atoms with Crippen molar-refractivity contribution < 1.29 is 14.6 Å². The van der Waals surface area contributed by atoms with Crippen molar-refractivity contribution in [2.45, 2.75) is 26.2 Å². The number of amides is 1. The summed E-state index contributed by atoms with van der Waals surface area (Å²) in [5.41, 5.74) is -0.211. The van der Waals surface area contributed by atoms with E-state index in [9.17, 15) is 4.79 Å². The van der Waals surface area contributed by atoms with Gasteiger partial charge in [-0.15, -0.1) is 0 Å². The topological polar surface area (TPSA) is 70.6 Å². The molecule has 5 heteroatoms. The Labute approximate surface area is 103 Å². The van der Waals surface area contributed by atoms with Crippen LogP contribution in [-0.2, 0) is 9.53 Å². The molecule has 100 valence electrons. The van der Waals surface area contributed by atoms with Crippen LogP contribution in [0.5, 0.6) is 0 Å². The minimum absolute atomic E-state index is 0.0530. The van der Waals surface area contributed by atoms with E-state index in [0.29, 0.717) is 19.8 Å². The first-order valence-corrected chi connectivity index (χ1v) is 6.37. The normalized spacial score (nSPS) is 18.9. The Kier molecular flexibility index (Phi) is 6.47. The standard InChI is InChI=1S/C12H24N2O3/c1-12(3-6-13-7-4-12)11(16)14-5-2-9-17-10-8-15/h13,15H,2-10H2,1H3,(H,14,16). The number of nitrogens with one attached hydrogen (secondary N) is 2. The van der Waals surface area contributed by atoms with Crippen LogP contribution in [0.2, 0.25) is 0 Å². The van der Waals surface area contributed by atoms with Gasteiger partial charge in [0.1, 0.15) is 0 Å². The van der Waals surface area contributed by atoms with Gasteiger partial charge in [-0.05, 0) is 32.4 Å². The van der Waals surface area contributed by atoms with Crippen LogP contribution in [0.1, 0.15) is 26.2 Å². The minimum Gasteiger partial charge on any atom is -0.394 e. The van der Waals surface area contributed by atoms with E-state index < -0.39 is 0 Å². The van der Waals surface area contributed by atoms with E-state index in [1.807, 2.05) is 6.92 Å². The summed E-state index contributed by atoms with van der Waals surface area (Å²) in [5.74, 6) is 0.154. The number of carbonyl (C=O) groups is 1. The number of aliphatic hydroxyl groups is 1. The van der Waals surface area contributed by atoms with Crippen LogP contribution in [0.15, 0.2) is 0 Å². The van der Waals surface area contributed by atoms with Crippen molar-refractivity contribution in [2.75, 3.05) is 39.5 Å². The summed E-state index contributed by atoms with van der Waals surface area (Å²) in [7, 11) is 0. The number of ether oxygens (including phenoxy) is 1. The van der Waals surface area contributed by atoms with E-state index in [1.54, 1.807) is 0 Å². The van der Waals surface area contributed by atoms with E-state index >= 15 is 0 Å². The van der Waals surface area contributed by atoms with Crippen molar-refractivity contribution in [3.8, 4) is 0 Å². The monoisotopic (exact) mass is 244 g/mol. The molecule has 1 aliphatic heterocycles. The fourth-order valence-electron chi connectivity index (χ4n) is 1.96. The van der Waals surface area contributed by atoms with Gasteiger partial charge >= 0.3 is 0 Å². The van der Waals surface area contributed by atoms with E-state index in [4.69, 9.17) is 9.84 Å². The lowest BCUT2D eigenvalue weighted by Gasteiger charge is -2.32. The zero-order chi connectivity index (χ0) is 12.6. The number of rotatable bonds is 7. The van der Waals surface area contributed by atoms with Gasteiger partial charge in [-0.2, -0.15) is 0 Å². The summed E-state index contributed by atoms with van der Waals surface area (Å²) >= 11 is 0. The molecule has 0 aliphatic carbocycles. The van der Waals surface area contributed by atoms with Gasteiger partial charge in [-0.25, -0.2) is 0 Å². The quantitative estimate of drug-likeness (QED) is 0.547. The minimum atomic E-state index is -0.211. The Morgan fingerprint density at radius 2 is 2.12 bits per heavy atom. The molecule has 5 nitrogen and oxygen atoms in total. The van der Waals surface area contributed by atoms with Crippen molar-refractivity contribution in [2.24, 2.45) is 5.41 Å².